The summed E-state index contributed by atoms with van der Waals surface area (Å²) in [5, 5.41) is 8.04. The number of hydrogen-bond acceptors (Lipinski definition) is 4. The predicted octanol–water partition coefficient (Wildman–Crippen LogP) is 5.49. The summed E-state index contributed by atoms with van der Waals surface area (Å²) in [6.07, 6.45) is 1.46. The van der Waals surface area contributed by atoms with Gasteiger partial charge in [-0.3, -0.25) is 0 Å². The molecule has 0 spiro atoms. The Morgan fingerprint density at radius 2 is 2.29 bits per heavy atom. The molecule has 5 nitrogen and oxygen atoms in total. The maximum Gasteiger partial charge on any atom is 0.249 e. The van der Waals surface area contributed by atoms with E-state index in [2.05, 4.69) is 26.3 Å². The fourth-order valence-electron chi connectivity index (χ4n) is 4.06. The second kappa shape index (κ2) is 7.31. The van der Waals surface area contributed by atoms with Crippen molar-refractivity contribution in [2.75, 3.05) is 5.32 Å². The van der Waals surface area contributed by atoms with Crippen LogP contribution in [0.2, 0.25) is 5.15 Å². The third-order valence-electron chi connectivity index (χ3n) is 5.37. The highest BCUT2D eigenvalue weighted by Crippen LogP contribution is 2.45. The van der Waals surface area contributed by atoms with E-state index in [9.17, 15) is 8.78 Å². The van der Waals surface area contributed by atoms with Crippen molar-refractivity contribution in [2.45, 2.75) is 50.6 Å². The minimum atomic E-state index is -2.70. The lowest BCUT2D eigenvalue weighted by Gasteiger charge is -2.34. The number of rotatable bonds is 4. The van der Waals surface area contributed by atoms with Crippen molar-refractivity contribution in [3.63, 3.8) is 0 Å². The highest BCUT2D eigenvalue weighted by Gasteiger charge is 2.42. The molecule has 1 fully saturated rings. The zero-order valence-corrected chi connectivity index (χ0v) is 17.5. The Morgan fingerprint density at radius 1 is 1.50 bits per heavy atom. The summed E-state index contributed by atoms with van der Waals surface area (Å²) in [7, 11) is 0. The molecule has 1 saturated carbocycles. The number of halogens is 4. The van der Waals surface area contributed by atoms with Crippen molar-refractivity contribution in [2.24, 2.45) is 5.73 Å². The summed E-state index contributed by atoms with van der Waals surface area (Å²) >= 11 is 9.83. The van der Waals surface area contributed by atoms with Crippen LogP contribution < -0.4 is 11.1 Å². The van der Waals surface area contributed by atoms with E-state index in [0.29, 0.717) is 22.7 Å². The molecule has 3 aromatic heterocycles. The van der Waals surface area contributed by atoms with Gasteiger partial charge in [-0.1, -0.05) is 11.6 Å². The SMILES string of the molecule is Cc1c([C@H]2CCC(F)(F)C[C@@H]2N)c(Br)n2nc(Cl)cc(NCc3ccco3)c12. The molecule has 4 rings (SSSR count). The zero-order valence-electron chi connectivity index (χ0n) is 15.2. The highest BCUT2D eigenvalue weighted by atomic mass is 79.9. The third-order valence-corrected chi connectivity index (χ3v) is 6.32. The molecule has 0 radical (unpaired) electrons. The molecule has 150 valence electrons. The van der Waals surface area contributed by atoms with Gasteiger partial charge in [-0.2, -0.15) is 5.10 Å². The number of nitrogens with one attached hydrogen (secondary N) is 1. The van der Waals surface area contributed by atoms with Crippen molar-refractivity contribution in [1.29, 1.82) is 0 Å². The number of anilines is 1. The molecule has 0 unspecified atom stereocenters. The first kappa shape index (κ1) is 19.7. The van der Waals surface area contributed by atoms with Crippen molar-refractivity contribution >= 4 is 38.7 Å². The van der Waals surface area contributed by atoms with Crippen LogP contribution in [0.4, 0.5) is 14.5 Å². The summed E-state index contributed by atoms with van der Waals surface area (Å²) < 4.78 is 35.3. The molecular formula is C19H20BrClF2N4O. The van der Waals surface area contributed by atoms with Crippen molar-refractivity contribution in [3.8, 4) is 0 Å². The van der Waals surface area contributed by atoms with Crippen LogP contribution in [0.1, 0.15) is 42.1 Å². The van der Waals surface area contributed by atoms with Crippen LogP contribution in [0.15, 0.2) is 33.5 Å². The molecule has 0 aliphatic heterocycles. The fourth-order valence-corrected chi connectivity index (χ4v) is 5.10. The standard InChI is InChI=1S/C19H20BrClF2N4O/c1-10-16(12-4-5-19(22,23)8-13(12)24)18(20)27-17(10)14(7-15(21)26-27)25-9-11-3-2-6-28-11/h2-3,6-7,12-13,25H,4-5,8-9,24H2,1H3/t12-,13-/m0/s1. The molecule has 0 aromatic carbocycles. The molecule has 3 N–H and O–H groups in total. The Kier molecular flexibility index (Phi) is 5.14. The van der Waals surface area contributed by atoms with Gasteiger partial charge in [0.2, 0.25) is 5.92 Å². The second-order valence-electron chi connectivity index (χ2n) is 7.27. The molecule has 0 bridgehead atoms. The minimum Gasteiger partial charge on any atom is -0.467 e. The summed E-state index contributed by atoms with van der Waals surface area (Å²) in [6.45, 7) is 2.44. The lowest BCUT2D eigenvalue weighted by Crippen LogP contribution is -2.40. The molecule has 9 heteroatoms. The van der Waals surface area contributed by atoms with E-state index < -0.39 is 12.0 Å². The molecule has 3 aromatic rings. The van der Waals surface area contributed by atoms with Gasteiger partial charge in [-0.25, -0.2) is 13.3 Å². The summed E-state index contributed by atoms with van der Waals surface area (Å²) in [5.41, 5.74) is 9.64. The first-order valence-electron chi connectivity index (χ1n) is 9.04. The van der Waals surface area contributed by atoms with Gasteiger partial charge in [0.15, 0.2) is 5.15 Å². The van der Waals surface area contributed by atoms with Crippen LogP contribution in [0.25, 0.3) is 5.52 Å². The van der Waals surface area contributed by atoms with Crippen LogP contribution in [-0.4, -0.2) is 21.6 Å². The Hall–Kier alpha value is -1.64. The van der Waals surface area contributed by atoms with Gasteiger partial charge in [0.1, 0.15) is 10.4 Å². The number of nitrogens with two attached hydrogens (primary N) is 1. The van der Waals surface area contributed by atoms with Crippen LogP contribution in [-0.2, 0) is 6.54 Å². The lowest BCUT2D eigenvalue weighted by molar-refractivity contribution is -0.0447. The predicted molar refractivity (Wildman–Crippen MR) is 108 cm³/mol. The Morgan fingerprint density at radius 3 is 2.96 bits per heavy atom. The molecule has 3 heterocycles. The van der Waals surface area contributed by atoms with E-state index >= 15 is 0 Å². The Balaban J connectivity index is 1.76. The first-order valence-corrected chi connectivity index (χ1v) is 10.2. The second-order valence-corrected chi connectivity index (χ2v) is 8.41. The van der Waals surface area contributed by atoms with Gasteiger partial charge in [0.25, 0.3) is 0 Å². The van der Waals surface area contributed by atoms with Gasteiger partial charge in [-0.15, -0.1) is 0 Å². The number of alkyl halides is 2. The monoisotopic (exact) mass is 472 g/mol. The van der Waals surface area contributed by atoms with Crippen LogP contribution >= 0.6 is 27.5 Å². The van der Waals surface area contributed by atoms with E-state index in [1.807, 2.05) is 19.1 Å². The highest BCUT2D eigenvalue weighted by molar-refractivity contribution is 9.10. The van der Waals surface area contributed by atoms with Gasteiger partial charge >= 0.3 is 0 Å². The molecule has 1 aliphatic carbocycles. The maximum atomic E-state index is 13.8. The molecule has 2 atom stereocenters. The minimum absolute atomic E-state index is 0.165. The van der Waals surface area contributed by atoms with E-state index in [0.717, 1.165) is 28.1 Å². The van der Waals surface area contributed by atoms with Gasteiger partial charge in [0, 0.05) is 30.9 Å². The molecule has 1 aliphatic rings. The number of aromatic nitrogens is 2. The van der Waals surface area contributed by atoms with Gasteiger partial charge in [-0.05, 0) is 52.5 Å². The van der Waals surface area contributed by atoms with Crippen LogP contribution in [0.5, 0.6) is 0 Å². The molecule has 0 saturated heterocycles. The number of furan rings is 1. The summed E-state index contributed by atoms with van der Waals surface area (Å²) in [4.78, 5) is 0. The maximum absolute atomic E-state index is 13.8. The average molecular weight is 474 g/mol. The fraction of sp³-hybridized carbons (Fsp3) is 0.421. The topological polar surface area (TPSA) is 68.5 Å². The zero-order chi connectivity index (χ0) is 20.1. The van der Waals surface area contributed by atoms with E-state index in [1.54, 1.807) is 16.8 Å². The number of aryl methyl sites for hydroxylation is 1. The molecule has 28 heavy (non-hydrogen) atoms. The number of nitrogens with zero attached hydrogens (tertiary/aromatic N) is 2. The normalized spacial score (nSPS) is 21.9. The molecular weight excluding hydrogens is 454 g/mol. The first-order chi connectivity index (χ1) is 13.3. The third kappa shape index (κ3) is 3.53. The van der Waals surface area contributed by atoms with Crippen molar-refractivity contribution < 1.29 is 13.2 Å². The van der Waals surface area contributed by atoms with Crippen LogP contribution in [0, 0.1) is 6.92 Å². The largest absolute Gasteiger partial charge is 0.467 e. The van der Waals surface area contributed by atoms with Crippen molar-refractivity contribution in [3.05, 3.63) is 51.1 Å². The number of fused-ring (bicyclic) bond motifs is 1. The van der Waals surface area contributed by atoms with E-state index in [1.165, 1.54) is 0 Å². The van der Waals surface area contributed by atoms with Crippen LogP contribution in [0.3, 0.4) is 0 Å². The smallest absolute Gasteiger partial charge is 0.249 e. The van der Waals surface area contributed by atoms with Crippen molar-refractivity contribution in [1.82, 2.24) is 9.61 Å². The average Bonchev–Trinajstić information content (AvgIpc) is 3.21. The number of hydrogen-bond donors (Lipinski definition) is 2. The van der Waals surface area contributed by atoms with E-state index in [4.69, 9.17) is 21.8 Å². The molecule has 0 amide bonds. The summed E-state index contributed by atoms with van der Waals surface area (Å²) in [5.74, 6) is -2.09. The quantitative estimate of drug-likeness (QED) is 0.525. The lowest BCUT2D eigenvalue weighted by atomic mass is 9.78. The Bertz CT molecular complexity index is 1010. The Labute approximate surface area is 174 Å². The van der Waals surface area contributed by atoms with E-state index in [-0.39, 0.29) is 18.8 Å². The summed E-state index contributed by atoms with van der Waals surface area (Å²) in [6, 6.07) is 4.83. The van der Waals surface area contributed by atoms with Gasteiger partial charge in [0.05, 0.1) is 24.0 Å². The van der Waals surface area contributed by atoms with Gasteiger partial charge < -0.3 is 15.5 Å².